The minimum atomic E-state index is 0.290. The van der Waals surface area contributed by atoms with Crippen LogP contribution in [0.5, 0.6) is 0 Å². The van der Waals surface area contributed by atoms with E-state index in [1.807, 2.05) is 11.7 Å². The minimum absolute atomic E-state index is 0.290. The standard InChI is InChI=1S/C15H28BrN3/c1-7-12-14(16)13(19(6)18-12)9-11(10-17-8-2)15(3,4)5/h11,17H,7-10H2,1-6H3. The van der Waals surface area contributed by atoms with E-state index >= 15 is 0 Å². The lowest BCUT2D eigenvalue weighted by Gasteiger charge is -2.31. The van der Waals surface area contributed by atoms with Crippen LogP contribution in [0.3, 0.4) is 0 Å². The smallest absolute Gasteiger partial charge is 0.0766 e. The molecule has 1 aromatic heterocycles. The van der Waals surface area contributed by atoms with Crippen molar-refractivity contribution in [2.75, 3.05) is 13.1 Å². The van der Waals surface area contributed by atoms with E-state index in [2.05, 4.69) is 61.0 Å². The van der Waals surface area contributed by atoms with Crippen molar-refractivity contribution in [3.8, 4) is 0 Å². The monoisotopic (exact) mass is 329 g/mol. The molecule has 0 saturated carbocycles. The molecule has 0 aliphatic heterocycles. The van der Waals surface area contributed by atoms with Crippen LogP contribution in [0.2, 0.25) is 0 Å². The molecule has 1 heterocycles. The van der Waals surface area contributed by atoms with E-state index in [1.54, 1.807) is 0 Å². The summed E-state index contributed by atoms with van der Waals surface area (Å²) in [6, 6.07) is 0. The third-order valence-corrected chi connectivity index (χ3v) is 4.72. The van der Waals surface area contributed by atoms with Crippen molar-refractivity contribution >= 4 is 15.9 Å². The molecule has 0 bridgehead atoms. The van der Waals surface area contributed by atoms with Gasteiger partial charge in [-0.2, -0.15) is 5.10 Å². The summed E-state index contributed by atoms with van der Waals surface area (Å²) < 4.78 is 3.23. The highest BCUT2D eigenvalue weighted by Crippen LogP contribution is 2.32. The predicted octanol–water partition coefficient (Wildman–Crippen LogP) is 3.56. The number of halogens is 1. The summed E-state index contributed by atoms with van der Waals surface area (Å²) in [6.45, 7) is 13.4. The summed E-state index contributed by atoms with van der Waals surface area (Å²) in [6.07, 6.45) is 2.03. The Hall–Kier alpha value is -0.350. The molecule has 1 rings (SSSR count). The fourth-order valence-corrected chi connectivity index (χ4v) is 3.06. The summed E-state index contributed by atoms with van der Waals surface area (Å²) in [5.74, 6) is 0.601. The fourth-order valence-electron chi connectivity index (χ4n) is 2.28. The van der Waals surface area contributed by atoms with Crippen LogP contribution in [0.4, 0.5) is 0 Å². The largest absolute Gasteiger partial charge is 0.317 e. The van der Waals surface area contributed by atoms with E-state index in [0.29, 0.717) is 5.92 Å². The number of aryl methyl sites for hydroxylation is 2. The summed E-state index contributed by atoms with van der Waals surface area (Å²) >= 11 is 3.72. The number of rotatable bonds is 6. The maximum atomic E-state index is 4.59. The third kappa shape index (κ3) is 4.32. The second-order valence-corrected chi connectivity index (χ2v) is 7.05. The molecule has 0 amide bonds. The Bertz CT molecular complexity index is 404. The first kappa shape index (κ1) is 16.7. The normalized spacial score (nSPS) is 13.8. The van der Waals surface area contributed by atoms with Crippen LogP contribution in [0.15, 0.2) is 4.47 Å². The SMILES string of the molecule is CCNCC(Cc1c(Br)c(CC)nn1C)C(C)(C)C. The molecule has 4 heteroatoms. The molecule has 1 unspecified atom stereocenters. The quantitative estimate of drug-likeness (QED) is 0.864. The molecule has 3 nitrogen and oxygen atoms in total. The van der Waals surface area contributed by atoms with E-state index in [-0.39, 0.29) is 5.41 Å². The highest BCUT2D eigenvalue weighted by molar-refractivity contribution is 9.10. The lowest BCUT2D eigenvalue weighted by Crippen LogP contribution is -2.33. The van der Waals surface area contributed by atoms with E-state index in [4.69, 9.17) is 0 Å². The van der Waals surface area contributed by atoms with Gasteiger partial charge in [0.05, 0.1) is 15.9 Å². The molecule has 0 fully saturated rings. The number of aromatic nitrogens is 2. The third-order valence-electron chi connectivity index (χ3n) is 3.81. The molecule has 1 aromatic rings. The number of hydrogen-bond acceptors (Lipinski definition) is 2. The second kappa shape index (κ2) is 6.89. The second-order valence-electron chi connectivity index (χ2n) is 6.26. The summed E-state index contributed by atoms with van der Waals surface area (Å²) in [5.41, 5.74) is 2.77. The Morgan fingerprint density at radius 3 is 2.37 bits per heavy atom. The van der Waals surface area contributed by atoms with Gasteiger partial charge in [-0.3, -0.25) is 4.68 Å². The van der Waals surface area contributed by atoms with Gasteiger partial charge >= 0.3 is 0 Å². The Morgan fingerprint density at radius 2 is 1.95 bits per heavy atom. The van der Waals surface area contributed by atoms with Gasteiger partial charge in [0.1, 0.15) is 0 Å². The number of hydrogen-bond donors (Lipinski definition) is 1. The molecule has 0 aromatic carbocycles. The zero-order chi connectivity index (χ0) is 14.6. The zero-order valence-electron chi connectivity index (χ0n) is 13.2. The summed E-state index contributed by atoms with van der Waals surface area (Å²) in [7, 11) is 2.05. The van der Waals surface area contributed by atoms with Crippen LogP contribution in [-0.4, -0.2) is 22.9 Å². The highest BCUT2D eigenvalue weighted by atomic mass is 79.9. The lowest BCUT2D eigenvalue weighted by atomic mass is 9.78. The van der Waals surface area contributed by atoms with Crippen LogP contribution in [0, 0.1) is 11.3 Å². The molecule has 110 valence electrons. The van der Waals surface area contributed by atoms with E-state index in [1.165, 1.54) is 10.2 Å². The first-order chi connectivity index (χ1) is 8.81. The van der Waals surface area contributed by atoms with Gasteiger partial charge < -0.3 is 5.32 Å². The van der Waals surface area contributed by atoms with Crippen molar-refractivity contribution in [2.45, 2.75) is 47.5 Å². The lowest BCUT2D eigenvalue weighted by molar-refractivity contribution is 0.228. The molecule has 1 atom stereocenters. The van der Waals surface area contributed by atoms with Crippen molar-refractivity contribution in [3.63, 3.8) is 0 Å². The molecule has 0 radical (unpaired) electrons. The van der Waals surface area contributed by atoms with Gasteiger partial charge in [-0.15, -0.1) is 0 Å². The number of nitrogens with zero attached hydrogens (tertiary/aromatic N) is 2. The van der Waals surface area contributed by atoms with Gasteiger partial charge in [0.25, 0.3) is 0 Å². The Morgan fingerprint density at radius 1 is 1.32 bits per heavy atom. The van der Waals surface area contributed by atoms with Crippen molar-refractivity contribution < 1.29 is 0 Å². The van der Waals surface area contributed by atoms with Crippen molar-refractivity contribution in [1.82, 2.24) is 15.1 Å². The predicted molar refractivity (Wildman–Crippen MR) is 85.5 cm³/mol. The van der Waals surface area contributed by atoms with E-state index < -0.39 is 0 Å². The average Bonchev–Trinajstić information content (AvgIpc) is 2.59. The minimum Gasteiger partial charge on any atom is -0.317 e. The average molecular weight is 330 g/mol. The topological polar surface area (TPSA) is 29.9 Å². The van der Waals surface area contributed by atoms with Crippen LogP contribution < -0.4 is 5.32 Å². The molecular formula is C15H28BrN3. The van der Waals surface area contributed by atoms with Gasteiger partial charge in [-0.25, -0.2) is 0 Å². The van der Waals surface area contributed by atoms with E-state index in [9.17, 15) is 0 Å². The summed E-state index contributed by atoms with van der Waals surface area (Å²) in [5, 5.41) is 8.08. The Kier molecular flexibility index (Phi) is 6.06. The molecule has 0 aliphatic carbocycles. The van der Waals surface area contributed by atoms with Gasteiger partial charge in [-0.1, -0.05) is 34.6 Å². The Labute approximate surface area is 126 Å². The van der Waals surface area contributed by atoms with Gasteiger partial charge in [0.15, 0.2) is 0 Å². The molecule has 19 heavy (non-hydrogen) atoms. The summed E-state index contributed by atoms with van der Waals surface area (Å²) in [4.78, 5) is 0. The van der Waals surface area contributed by atoms with Crippen molar-refractivity contribution in [2.24, 2.45) is 18.4 Å². The Balaban J connectivity index is 2.93. The molecular weight excluding hydrogens is 302 g/mol. The molecule has 1 N–H and O–H groups in total. The van der Waals surface area contributed by atoms with Gasteiger partial charge in [-0.05, 0) is 53.2 Å². The first-order valence-electron chi connectivity index (χ1n) is 7.22. The highest BCUT2D eigenvalue weighted by Gasteiger charge is 2.27. The number of nitrogens with one attached hydrogen (secondary N) is 1. The molecule has 0 spiro atoms. The van der Waals surface area contributed by atoms with Crippen molar-refractivity contribution in [1.29, 1.82) is 0 Å². The van der Waals surface area contributed by atoms with Gasteiger partial charge in [0.2, 0.25) is 0 Å². The van der Waals surface area contributed by atoms with Crippen LogP contribution >= 0.6 is 15.9 Å². The molecule has 0 aliphatic rings. The zero-order valence-corrected chi connectivity index (χ0v) is 14.8. The van der Waals surface area contributed by atoms with E-state index in [0.717, 1.165) is 31.6 Å². The van der Waals surface area contributed by atoms with Gasteiger partial charge in [0, 0.05) is 7.05 Å². The van der Waals surface area contributed by atoms with Crippen LogP contribution in [0.1, 0.15) is 46.0 Å². The maximum Gasteiger partial charge on any atom is 0.0766 e. The first-order valence-corrected chi connectivity index (χ1v) is 8.01. The van der Waals surface area contributed by atoms with Crippen molar-refractivity contribution in [3.05, 3.63) is 15.9 Å². The fraction of sp³-hybridized carbons (Fsp3) is 0.800. The molecule has 0 saturated heterocycles. The van der Waals surface area contributed by atoms with Crippen LogP contribution in [0.25, 0.3) is 0 Å². The maximum absolute atomic E-state index is 4.59. The van der Waals surface area contributed by atoms with Crippen LogP contribution in [-0.2, 0) is 19.9 Å².